The van der Waals surface area contributed by atoms with Crippen molar-refractivity contribution >= 4 is 22.8 Å². The molecule has 0 atom stereocenters. The molecule has 0 saturated carbocycles. The molecule has 3 N–H and O–H groups in total. The van der Waals surface area contributed by atoms with Crippen LogP contribution in [-0.4, -0.2) is 55.5 Å². The van der Waals surface area contributed by atoms with Gasteiger partial charge in [0.05, 0.1) is 0 Å². The summed E-state index contributed by atoms with van der Waals surface area (Å²) in [6, 6.07) is 4.76. The standard InChI is InChI=1S/C19H28FN5O/c1-4-5-9-21-19(24-13-18(26)25(2)3)22-10-8-14-12-23-17-11-15(20)6-7-16(14)17/h6-7,11-12,23H,4-5,8-10,13H2,1-3H3,(H2,21,22,24). The fraction of sp³-hybridized carbons (Fsp3) is 0.474. The summed E-state index contributed by atoms with van der Waals surface area (Å²) >= 11 is 0. The number of halogens is 1. The number of fused-ring (bicyclic) bond motifs is 1. The quantitative estimate of drug-likeness (QED) is 0.384. The smallest absolute Gasteiger partial charge is 0.243 e. The van der Waals surface area contributed by atoms with E-state index < -0.39 is 0 Å². The van der Waals surface area contributed by atoms with Crippen LogP contribution in [0.25, 0.3) is 10.9 Å². The van der Waals surface area contributed by atoms with Crippen molar-refractivity contribution in [3.63, 3.8) is 0 Å². The van der Waals surface area contributed by atoms with E-state index in [9.17, 15) is 9.18 Å². The number of nitrogens with zero attached hydrogens (tertiary/aromatic N) is 2. The number of benzene rings is 1. The molecule has 142 valence electrons. The van der Waals surface area contributed by atoms with Crippen LogP contribution in [0.1, 0.15) is 25.3 Å². The molecule has 2 rings (SSSR count). The molecule has 0 saturated heterocycles. The summed E-state index contributed by atoms with van der Waals surface area (Å²) in [7, 11) is 3.44. The number of carbonyl (C=O) groups excluding carboxylic acids is 1. The molecular formula is C19H28FN5O. The molecule has 0 aliphatic carbocycles. The van der Waals surface area contributed by atoms with E-state index in [0.29, 0.717) is 12.5 Å². The van der Waals surface area contributed by atoms with Crippen molar-refractivity contribution < 1.29 is 9.18 Å². The Hall–Kier alpha value is -2.57. The number of guanidine groups is 1. The van der Waals surface area contributed by atoms with Gasteiger partial charge < -0.3 is 20.5 Å². The van der Waals surface area contributed by atoms with Crippen molar-refractivity contribution in [2.24, 2.45) is 4.99 Å². The molecule has 0 fully saturated rings. The van der Waals surface area contributed by atoms with Crippen LogP contribution in [0.4, 0.5) is 4.39 Å². The zero-order valence-corrected chi connectivity index (χ0v) is 15.7. The first-order valence-electron chi connectivity index (χ1n) is 8.99. The van der Waals surface area contributed by atoms with Gasteiger partial charge in [-0.25, -0.2) is 9.38 Å². The molecule has 1 heterocycles. The SMILES string of the molecule is CCCCNC(=NCC(=O)N(C)C)NCCc1c[nH]c2cc(F)ccc12. The van der Waals surface area contributed by atoms with Crippen LogP contribution in [0.3, 0.4) is 0 Å². The number of hydrogen-bond acceptors (Lipinski definition) is 2. The van der Waals surface area contributed by atoms with Crippen LogP contribution in [0.15, 0.2) is 29.4 Å². The summed E-state index contributed by atoms with van der Waals surface area (Å²) in [5.74, 6) is 0.351. The lowest BCUT2D eigenvalue weighted by atomic mass is 10.1. The number of carbonyl (C=O) groups is 1. The van der Waals surface area contributed by atoms with Crippen molar-refractivity contribution in [3.05, 3.63) is 35.8 Å². The van der Waals surface area contributed by atoms with Gasteiger partial charge in [0.1, 0.15) is 12.4 Å². The lowest BCUT2D eigenvalue weighted by Gasteiger charge is -2.13. The Morgan fingerprint density at radius 3 is 2.77 bits per heavy atom. The van der Waals surface area contributed by atoms with Crippen molar-refractivity contribution in [2.45, 2.75) is 26.2 Å². The van der Waals surface area contributed by atoms with Gasteiger partial charge in [0.25, 0.3) is 0 Å². The third-order valence-corrected chi connectivity index (χ3v) is 4.11. The second-order valence-corrected chi connectivity index (χ2v) is 6.41. The van der Waals surface area contributed by atoms with E-state index in [0.717, 1.165) is 42.3 Å². The van der Waals surface area contributed by atoms with Gasteiger partial charge in [0.2, 0.25) is 5.91 Å². The Labute approximate surface area is 153 Å². The van der Waals surface area contributed by atoms with Crippen LogP contribution in [0, 0.1) is 5.82 Å². The number of hydrogen-bond donors (Lipinski definition) is 3. The van der Waals surface area contributed by atoms with E-state index in [1.807, 2.05) is 6.20 Å². The Bertz CT molecular complexity index is 753. The fourth-order valence-corrected chi connectivity index (χ4v) is 2.53. The molecule has 7 heteroatoms. The number of amides is 1. The van der Waals surface area contributed by atoms with Gasteiger partial charge in [0, 0.05) is 44.3 Å². The molecule has 1 aromatic heterocycles. The molecule has 0 unspecified atom stereocenters. The Morgan fingerprint density at radius 1 is 1.27 bits per heavy atom. The van der Waals surface area contributed by atoms with Crippen LogP contribution < -0.4 is 10.6 Å². The van der Waals surface area contributed by atoms with Gasteiger partial charge in [0.15, 0.2) is 5.96 Å². The van der Waals surface area contributed by atoms with Crippen molar-refractivity contribution in [1.82, 2.24) is 20.5 Å². The normalized spacial score (nSPS) is 11.6. The first-order chi connectivity index (χ1) is 12.5. The zero-order chi connectivity index (χ0) is 18.9. The summed E-state index contributed by atoms with van der Waals surface area (Å²) in [5, 5.41) is 7.54. The number of aromatic amines is 1. The number of aromatic nitrogens is 1. The number of nitrogens with one attached hydrogen (secondary N) is 3. The monoisotopic (exact) mass is 361 g/mol. The lowest BCUT2D eigenvalue weighted by molar-refractivity contribution is -0.127. The van der Waals surface area contributed by atoms with Crippen LogP contribution in [0.5, 0.6) is 0 Å². The Kier molecular flexibility index (Phi) is 7.44. The highest BCUT2D eigenvalue weighted by Gasteiger charge is 2.07. The predicted molar refractivity (Wildman–Crippen MR) is 104 cm³/mol. The summed E-state index contributed by atoms with van der Waals surface area (Å²) in [5.41, 5.74) is 1.91. The molecule has 26 heavy (non-hydrogen) atoms. The first kappa shape index (κ1) is 19.8. The molecule has 0 radical (unpaired) electrons. The molecule has 1 aromatic carbocycles. The van der Waals surface area contributed by atoms with Gasteiger partial charge in [-0.05, 0) is 36.6 Å². The maximum Gasteiger partial charge on any atom is 0.243 e. The predicted octanol–water partition coefficient (Wildman–Crippen LogP) is 2.27. The average molecular weight is 361 g/mol. The second-order valence-electron chi connectivity index (χ2n) is 6.41. The largest absolute Gasteiger partial charge is 0.361 e. The van der Waals surface area contributed by atoms with Crippen molar-refractivity contribution in [3.8, 4) is 0 Å². The van der Waals surface area contributed by atoms with Crippen molar-refractivity contribution in [1.29, 1.82) is 0 Å². The summed E-state index contributed by atoms with van der Waals surface area (Å²) in [4.78, 5) is 20.7. The number of rotatable bonds is 8. The van der Waals surface area contributed by atoms with E-state index in [1.165, 1.54) is 17.0 Å². The molecule has 0 aliphatic rings. The minimum Gasteiger partial charge on any atom is -0.361 e. The third kappa shape index (κ3) is 5.75. The van der Waals surface area contributed by atoms with Gasteiger partial charge in [-0.15, -0.1) is 0 Å². The van der Waals surface area contributed by atoms with E-state index >= 15 is 0 Å². The highest BCUT2D eigenvalue weighted by Crippen LogP contribution is 2.19. The third-order valence-electron chi connectivity index (χ3n) is 4.11. The summed E-state index contributed by atoms with van der Waals surface area (Å²) < 4.78 is 13.3. The second kappa shape index (κ2) is 9.79. The number of likely N-dealkylation sites (N-methyl/N-ethyl adjacent to an activating group) is 1. The molecule has 1 amide bonds. The highest BCUT2D eigenvalue weighted by atomic mass is 19.1. The topological polar surface area (TPSA) is 72.5 Å². The van der Waals surface area contributed by atoms with E-state index in [1.54, 1.807) is 20.2 Å². The number of aliphatic imine (C=N–C) groups is 1. The van der Waals surface area contributed by atoms with Crippen LogP contribution >= 0.6 is 0 Å². The molecule has 6 nitrogen and oxygen atoms in total. The van der Waals surface area contributed by atoms with Crippen molar-refractivity contribution in [2.75, 3.05) is 33.7 Å². The maximum atomic E-state index is 13.3. The highest BCUT2D eigenvalue weighted by molar-refractivity contribution is 5.85. The van der Waals surface area contributed by atoms with Gasteiger partial charge >= 0.3 is 0 Å². The summed E-state index contributed by atoms with van der Waals surface area (Å²) in [6.07, 6.45) is 4.80. The minimum absolute atomic E-state index is 0.0414. The average Bonchev–Trinajstić information content (AvgIpc) is 3.01. The van der Waals surface area contributed by atoms with Crippen LogP contribution in [0.2, 0.25) is 0 Å². The summed E-state index contributed by atoms with van der Waals surface area (Å²) in [6.45, 7) is 3.71. The Morgan fingerprint density at radius 2 is 2.04 bits per heavy atom. The zero-order valence-electron chi connectivity index (χ0n) is 15.7. The van der Waals surface area contributed by atoms with Crippen LogP contribution in [-0.2, 0) is 11.2 Å². The van der Waals surface area contributed by atoms with E-state index in [2.05, 4.69) is 27.5 Å². The van der Waals surface area contributed by atoms with Gasteiger partial charge in [-0.2, -0.15) is 0 Å². The van der Waals surface area contributed by atoms with Gasteiger partial charge in [-0.3, -0.25) is 4.79 Å². The van der Waals surface area contributed by atoms with Gasteiger partial charge in [-0.1, -0.05) is 13.3 Å². The first-order valence-corrected chi connectivity index (χ1v) is 8.99. The molecule has 0 aliphatic heterocycles. The maximum absolute atomic E-state index is 13.3. The van der Waals surface area contributed by atoms with E-state index in [-0.39, 0.29) is 18.3 Å². The molecule has 0 spiro atoms. The number of unbranched alkanes of at least 4 members (excludes halogenated alkanes) is 1. The Balaban J connectivity index is 1.94. The molecule has 2 aromatic rings. The van der Waals surface area contributed by atoms with E-state index in [4.69, 9.17) is 0 Å². The molecular weight excluding hydrogens is 333 g/mol. The molecule has 0 bridgehead atoms. The minimum atomic E-state index is -0.246. The fourth-order valence-electron chi connectivity index (χ4n) is 2.53. The lowest BCUT2D eigenvalue weighted by Crippen LogP contribution is -2.39. The number of H-pyrrole nitrogens is 1.